The molecule has 0 radical (unpaired) electrons. The molecule has 2 unspecified atom stereocenters. The van der Waals surface area contributed by atoms with Gasteiger partial charge < -0.3 is 14.8 Å². The number of hydrogen-bond donors (Lipinski definition) is 1. The van der Waals surface area contributed by atoms with E-state index in [1.54, 1.807) is 14.2 Å². The summed E-state index contributed by atoms with van der Waals surface area (Å²) < 4.78 is 10.9. The Morgan fingerprint density at radius 3 is 2.45 bits per heavy atom. The molecule has 5 heteroatoms. The third kappa shape index (κ3) is 3.91. The number of pyridine rings is 1. The van der Waals surface area contributed by atoms with Crippen LogP contribution in [0.5, 0.6) is 0 Å². The Hall–Kier alpha value is -1.17. The molecule has 0 spiro atoms. The zero-order valence-corrected chi connectivity index (χ0v) is 12.6. The minimum Gasteiger partial charge on any atom is -0.377 e. The monoisotopic (exact) mass is 279 g/mol. The average Bonchev–Trinajstić information content (AvgIpc) is 2.88. The normalized spacial score (nSPS) is 23.1. The third-order valence-electron chi connectivity index (χ3n) is 3.68. The van der Waals surface area contributed by atoms with Crippen molar-refractivity contribution in [2.45, 2.75) is 32.1 Å². The zero-order valence-electron chi connectivity index (χ0n) is 12.6. The topological polar surface area (TPSA) is 46.6 Å². The van der Waals surface area contributed by atoms with Gasteiger partial charge in [-0.2, -0.15) is 0 Å². The van der Waals surface area contributed by atoms with Crippen LogP contribution in [0.4, 0.5) is 5.82 Å². The number of anilines is 1. The van der Waals surface area contributed by atoms with E-state index < -0.39 is 0 Å². The van der Waals surface area contributed by atoms with Gasteiger partial charge in [-0.3, -0.25) is 4.90 Å². The van der Waals surface area contributed by atoms with E-state index >= 15 is 0 Å². The Labute approximate surface area is 121 Å². The highest BCUT2D eigenvalue weighted by molar-refractivity contribution is 5.35. The van der Waals surface area contributed by atoms with Gasteiger partial charge >= 0.3 is 0 Å². The van der Waals surface area contributed by atoms with Gasteiger partial charge in [0.25, 0.3) is 0 Å². The van der Waals surface area contributed by atoms with Gasteiger partial charge in [0.15, 0.2) is 0 Å². The van der Waals surface area contributed by atoms with Crippen molar-refractivity contribution in [3.63, 3.8) is 0 Å². The van der Waals surface area contributed by atoms with Crippen molar-refractivity contribution in [2.24, 2.45) is 0 Å². The molecular formula is C15H25N3O2. The first-order chi connectivity index (χ1) is 9.76. The molecule has 1 aromatic rings. The van der Waals surface area contributed by atoms with Crippen LogP contribution in [-0.4, -0.2) is 55.9 Å². The molecule has 1 fully saturated rings. The molecule has 1 N–H and O–H groups in total. The third-order valence-corrected chi connectivity index (χ3v) is 3.68. The van der Waals surface area contributed by atoms with E-state index in [4.69, 9.17) is 9.47 Å². The molecular weight excluding hydrogens is 254 g/mol. The maximum absolute atomic E-state index is 5.45. The number of nitrogens with zero attached hydrogens (tertiary/aromatic N) is 2. The van der Waals surface area contributed by atoms with Gasteiger partial charge in [-0.05, 0) is 18.1 Å². The number of likely N-dealkylation sites (tertiary alicyclic amines) is 1. The highest BCUT2D eigenvalue weighted by Crippen LogP contribution is 2.18. The molecule has 0 aromatic carbocycles. The Morgan fingerprint density at radius 2 is 1.95 bits per heavy atom. The van der Waals surface area contributed by atoms with Crippen LogP contribution in [-0.2, 0) is 16.0 Å². The number of methoxy groups -OCH3 is 2. The molecule has 1 aromatic heterocycles. The summed E-state index contributed by atoms with van der Waals surface area (Å²) in [6.07, 6.45) is 3.38. The SMILES string of the molecule is CCCNc1ccc(CN2CC(OC)C(OC)C2)cn1. The summed E-state index contributed by atoms with van der Waals surface area (Å²) in [5.41, 5.74) is 1.22. The Morgan fingerprint density at radius 1 is 1.25 bits per heavy atom. The van der Waals surface area contributed by atoms with E-state index in [9.17, 15) is 0 Å². The molecule has 112 valence electrons. The quantitative estimate of drug-likeness (QED) is 0.824. The number of rotatable bonds is 7. The summed E-state index contributed by atoms with van der Waals surface area (Å²) in [4.78, 5) is 6.78. The predicted molar refractivity (Wildman–Crippen MR) is 79.9 cm³/mol. The van der Waals surface area contributed by atoms with Gasteiger partial charge in [-0.15, -0.1) is 0 Å². The van der Waals surface area contributed by atoms with Gasteiger partial charge in [0.2, 0.25) is 0 Å². The lowest BCUT2D eigenvalue weighted by atomic mass is 10.2. The van der Waals surface area contributed by atoms with E-state index in [2.05, 4.69) is 28.2 Å². The zero-order chi connectivity index (χ0) is 14.4. The molecule has 0 saturated carbocycles. The van der Waals surface area contributed by atoms with Crippen molar-refractivity contribution in [1.29, 1.82) is 0 Å². The Kier molecular flexibility index (Phi) is 5.76. The second kappa shape index (κ2) is 7.57. The lowest BCUT2D eigenvalue weighted by Gasteiger charge is -2.15. The maximum atomic E-state index is 5.45. The molecule has 0 aliphatic carbocycles. The van der Waals surface area contributed by atoms with E-state index in [1.165, 1.54) is 5.56 Å². The first-order valence-corrected chi connectivity index (χ1v) is 7.23. The van der Waals surface area contributed by atoms with Gasteiger partial charge in [-0.1, -0.05) is 13.0 Å². The summed E-state index contributed by atoms with van der Waals surface area (Å²) in [5.74, 6) is 0.946. The van der Waals surface area contributed by atoms with Crippen LogP contribution in [0, 0.1) is 0 Å². The number of ether oxygens (including phenoxy) is 2. The molecule has 1 aliphatic heterocycles. The molecule has 2 rings (SSSR count). The summed E-state index contributed by atoms with van der Waals surface area (Å²) in [7, 11) is 3.49. The van der Waals surface area contributed by atoms with Crippen molar-refractivity contribution in [2.75, 3.05) is 39.2 Å². The van der Waals surface area contributed by atoms with Crippen LogP contribution in [0.15, 0.2) is 18.3 Å². The van der Waals surface area contributed by atoms with E-state index in [0.29, 0.717) is 0 Å². The van der Waals surface area contributed by atoms with Gasteiger partial charge in [-0.25, -0.2) is 4.98 Å². The highest BCUT2D eigenvalue weighted by atomic mass is 16.5. The van der Waals surface area contributed by atoms with Crippen LogP contribution in [0.3, 0.4) is 0 Å². The number of aromatic nitrogens is 1. The lowest BCUT2D eigenvalue weighted by molar-refractivity contribution is -0.00461. The van der Waals surface area contributed by atoms with Gasteiger partial charge in [0, 0.05) is 46.6 Å². The minimum atomic E-state index is 0.165. The molecule has 0 bridgehead atoms. The summed E-state index contributed by atoms with van der Waals surface area (Å²) in [5, 5.41) is 3.28. The van der Waals surface area contributed by atoms with Crippen molar-refractivity contribution in [3.8, 4) is 0 Å². The highest BCUT2D eigenvalue weighted by Gasteiger charge is 2.32. The fourth-order valence-corrected chi connectivity index (χ4v) is 2.53. The Bertz CT molecular complexity index is 385. The molecule has 1 saturated heterocycles. The Balaban J connectivity index is 1.87. The maximum Gasteiger partial charge on any atom is 0.125 e. The van der Waals surface area contributed by atoms with E-state index in [1.807, 2.05) is 12.3 Å². The van der Waals surface area contributed by atoms with Crippen LogP contribution in [0.2, 0.25) is 0 Å². The molecule has 5 nitrogen and oxygen atoms in total. The fraction of sp³-hybridized carbons (Fsp3) is 0.667. The molecule has 20 heavy (non-hydrogen) atoms. The van der Waals surface area contributed by atoms with Crippen molar-refractivity contribution in [3.05, 3.63) is 23.9 Å². The van der Waals surface area contributed by atoms with Crippen LogP contribution in [0.25, 0.3) is 0 Å². The van der Waals surface area contributed by atoms with Crippen LogP contribution in [0.1, 0.15) is 18.9 Å². The van der Waals surface area contributed by atoms with Gasteiger partial charge in [0.1, 0.15) is 5.82 Å². The number of nitrogens with one attached hydrogen (secondary N) is 1. The lowest BCUT2D eigenvalue weighted by Crippen LogP contribution is -2.27. The average molecular weight is 279 g/mol. The van der Waals surface area contributed by atoms with Gasteiger partial charge in [0.05, 0.1) is 12.2 Å². The van der Waals surface area contributed by atoms with E-state index in [0.717, 1.165) is 38.4 Å². The van der Waals surface area contributed by atoms with Crippen molar-refractivity contribution < 1.29 is 9.47 Å². The predicted octanol–water partition coefficient (Wildman–Crippen LogP) is 1.75. The van der Waals surface area contributed by atoms with E-state index in [-0.39, 0.29) is 12.2 Å². The van der Waals surface area contributed by atoms with Crippen LogP contribution >= 0.6 is 0 Å². The molecule has 1 aliphatic rings. The summed E-state index contributed by atoms with van der Waals surface area (Å²) >= 11 is 0. The smallest absolute Gasteiger partial charge is 0.125 e. The fourth-order valence-electron chi connectivity index (χ4n) is 2.53. The second-order valence-electron chi connectivity index (χ2n) is 5.22. The standard InChI is InChI=1S/C15H25N3O2/c1-4-7-16-15-6-5-12(8-17-15)9-18-10-13(19-2)14(11-18)20-3/h5-6,8,13-14H,4,7,9-11H2,1-3H3,(H,16,17). The minimum absolute atomic E-state index is 0.165. The molecule has 2 heterocycles. The first-order valence-electron chi connectivity index (χ1n) is 7.23. The summed E-state index contributed by atoms with van der Waals surface area (Å²) in [6, 6.07) is 4.18. The first kappa shape index (κ1) is 15.2. The van der Waals surface area contributed by atoms with Crippen LogP contribution < -0.4 is 5.32 Å². The molecule has 2 atom stereocenters. The van der Waals surface area contributed by atoms with Crippen molar-refractivity contribution >= 4 is 5.82 Å². The molecule has 0 amide bonds. The number of hydrogen-bond acceptors (Lipinski definition) is 5. The largest absolute Gasteiger partial charge is 0.377 e. The second-order valence-corrected chi connectivity index (χ2v) is 5.22. The summed E-state index contributed by atoms with van der Waals surface area (Å²) in [6.45, 7) is 5.81. The van der Waals surface area contributed by atoms with Crippen molar-refractivity contribution in [1.82, 2.24) is 9.88 Å².